The van der Waals surface area contributed by atoms with E-state index in [-0.39, 0.29) is 0 Å². The molecule has 2 nitrogen and oxygen atoms in total. The summed E-state index contributed by atoms with van der Waals surface area (Å²) in [5, 5.41) is 3.34. The number of allylic oxidation sites excluding steroid dienone is 5. The Hall–Kier alpha value is -1.70. The van der Waals surface area contributed by atoms with E-state index in [0.29, 0.717) is 5.92 Å². The van der Waals surface area contributed by atoms with E-state index >= 15 is 0 Å². The van der Waals surface area contributed by atoms with Crippen LogP contribution >= 0.6 is 0 Å². The number of hydrogen-bond acceptors (Lipinski definition) is 2. The van der Waals surface area contributed by atoms with E-state index in [2.05, 4.69) is 61.9 Å². The lowest BCUT2D eigenvalue weighted by molar-refractivity contribution is 0.439. The van der Waals surface area contributed by atoms with Crippen LogP contribution in [-0.2, 0) is 0 Å². The van der Waals surface area contributed by atoms with Crippen LogP contribution in [-0.4, -0.2) is 18.5 Å². The number of hydrogen-bond donors (Lipinski definition) is 1. The Bertz CT molecular complexity index is 589. The van der Waals surface area contributed by atoms with Gasteiger partial charge >= 0.3 is 0 Å². The van der Waals surface area contributed by atoms with Gasteiger partial charge in [0, 0.05) is 37.1 Å². The van der Waals surface area contributed by atoms with E-state index in [1.807, 2.05) is 7.05 Å². The van der Waals surface area contributed by atoms with Crippen molar-refractivity contribution < 1.29 is 0 Å². The van der Waals surface area contributed by atoms with Gasteiger partial charge < -0.3 is 10.2 Å². The van der Waals surface area contributed by atoms with Gasteiger partial charge in [0.2, 0.25) is 0 Å². The Morgan fingerprint density at radius 2 is 1.92 bits per heavy atom. The van der Waals surface area contributed by atoms with Gasteiger partial charge in [0.05, 0.1) is 0 Å². The number of nitrogens with one attached hydrogen (secondary N) is 1. The number of unbranched alkanes of at least 4 members (excludes halogenated alkanes) is 1. The molecular formula is C23H36N2. The van der Waals surface area contributed by atoms with Gasteiger partial charge in [-0.25, -0.2) is 0 Å². The maximum absolute atomic E-state index is 4.37. The van der Waals surface area contributed by atoms with Crippen LogP contribution in [0.1, 0.15) is 65.7 Å². The fraction of sp³-hybridized carbons (Fsp3) is 0.565. The third-order valence-corrected chi connectivity index (χ3v) is 5.37. The number of likely N-dealkylation sites (N-methyl/N-ethyl adjacent to an activating group) is 1. The molecule has 0 aromatic rings. The Morgan fingerprint density at radius 1 is 1.12 bits per heavy atom. The lowest BCUT2D eigenvalue weighted by atomic mass is 9.80. The average molecular weight is 341 g/mol. The molecular weight excluding hydrogens is 304 g/mol. The van der Waals surface area contributed by atoms with Crippen LogP contribution in [0.4, 0.5) is 0 Å². The quantitative estimate of drug-likeness (QED) is 0.576. The second kappa shape index (κ2) is 9.70. The van der Waals surface area contributed by atoms with Gasteiger partial charge in [-0.3, -0.25) is 0 Å². The fourth-order valence-corrected chi connectivity index (χ4v) is 4.00. The minimum Gasteiger partial charge on any atom is -0.391 e. The van der Waals surface area contributed by atoms with Crippen LogP contribution < -0.4 is 5.32 Å². The van der Waals surface area contributed by atoms with E-state index in [1.54, 1.807) is 0 Å². The standard InChI is InChI=1S/C23H36N2/c1-6-9-12-19(11-7-2)22-17-18(4)25(8-3)23-14-10-13-20(24-5)15-16-21(22)23/h13-14,16-17,19,24H,4,6-12,15H2,1-3,5H3/b20-13+,21-16?,23-14?. The summed E-state index contributed by atoms with van der Waals surface area (Å²) in [5.41, 5.74) is 6.80. The van der Waals surface area contributed by atoms with Crippen molar-refractivity contribution in [2.75, 3.05) is 13.6 Å². The molecule has 0 fully saturated rings. The van der Waals surface area contributed by atoms with Crippen molar-refractivity contribution in [1.29, 1.82) is 0 Å². The predicted octanol–water partition coefficient (Wildman–Crippen LogP) is 6.08. The van der Waals surface area contributed by atoms with E-state index < -0.39 is 0 Å². The normalized spacial score (nSPS) is 21.1. The van der Waals surface area contributed by atoms with Gasteiger partial charge in [0.15, 0.2) is 0 Å². The highest BCUT2D eigenvalue weighted by atomic mass is 15.1. The summed E-state index contributed by atoms with van der Waals surface area (Å²) in [6.07, 6.45) is 17.8. The molecule has 0 radical (unpaired) electrons. The smallest absolute Gasteiger partial charge is 0.0446 e. The highest BCUT2D eigenvalue weighted by molar-refractivity contribution is 5.55. The molecule has 1 heterocycles. The Morgan fingerprint density at radius 3 is 2.56 bits per heavy atom. The maximum Gasteiger partial charge on any atom is 0.0446 e. The molecule has 2 rings (SSSR count). The predicted molar refractivity (Wildman–Crippen MR) is 110 cm³/mol. The molecule has 1 aliphatic heterocycles. The summed E-state index contributed by atoms with van der Waals surface area (Å²) in [6, 6.07) is 0. The first-order valence-electron chi connectivity index (χ1n) is 10.1. The minimum absolute atomic E-state index is 0.650. The minimum atomic E-state index is 0.650. The Kier molecular flexibility index (Phi) is 7.61. The molecule has 0 spiro atoms. The molecule has 1 atom stereocenters. The molecule has 0 aromatic carbocycles. The van der Waals surface area contributed by atoms with Crippen LogP contribution in [0, 0.1) is 5.92 Å². The van der Waals surface area contributed by atoms with Gasteiger partial charge in [-0.2, -0.15) is 0 Å². The Balaban J connectivity index is 2.46. The van der Waals surface area contributed by atoms with Crippen molar-refractivity contribution >= 4 is 0 Å². The largest absolute Gasteiger partial charge is 0.391 e. The molecule has 0 saturated carbocycles. The zero-order valence-electron chi connectivity index (χ0n) is 16.7. The van der Waals surface area contributed by atoms with Crippen molar-refractivity contribution in [3.05, 3.63) is 59.1 Å². The lowest BCUT2D eigenvalue weighted by Crippen LogP contribution is -2.28. The van der Waals surface area contributed by atoms with Gasteiger partial charge in [-0.05, 0) is 49.3 Å². The van der Waals surface area contributed by atoms with E-state index in [1.165, 1.54) is 54.6 Å². The zero-order valence-corrected chi connectivity index (χ0v) is 16.7. The molecule has 25 heavy (non-hydrogen) atoms. The highest BCUT2D eigenvalue weighted by Crippen LogP contribution is 2.40. The van der Waals surface area contributed by atoms with E-state index in [9.17, 15) is 0 Å². The monoisotopic (exact) mass is 340 g/mol. The summed E-state index contributed by atoms with van der Waals surface area (Å²) >= 11 is 0. The number of nitrogens with zero attached hydrogens (tertiary/aromatic N) is 1. The SMILES string of the molecule is C=C1C=C(C(CCC)CCCC)C2=CC/C(NC)=C\CC=C2N1CC. The zero-order chi connectivity index (χ0) is 18.2. The van der Waals surface area contributed by atoms with Crippen LogP contribution in [0.15, 0.2) is 59.1 Å². The van der Waals surface area contributed by atoms with Crippen molar-refractivity contribution in [1.82, 2.24) is 10.2 Å². The maximum atomic E-state index is 4.37. The van der Waals surface area contributed by atoms with Gasteiger partial charge in [-0.1, -0.05) is 57.9 Å². The summed E-state index contributed by atoms with van der Waals surface area (Å²) < 4.78 is 0. The van der Waals surface area contributed by atoms with Crippen LogP contribution in [0.25, 0.3) is 0 Å². The van der Waals surface area contributed by atoms with Crippen LogP contribution in [0.5, 0.6) is 0 Å². The topological polar surface area (TPSA) is 15.3 Å². The first-order chi connectivity index (χ1) is 12.2. The highest BCUT2D eigenvalue weighted by Gasteiger charge is 2.27. The van der Waals surface area contributed by atoms with Gasteiger partial charge in [0.1, 0.15) is 0 Å². The molecule has 138 valence electrons. The molecule has 0 saturated heterocycles. The molecule has 2 aliphatic rings. The van der Waals surface area contributed by atoms with Gasteiger partial charge in [0.25, 0.3) is 0 Å². The third kappa shape index (κ3) is 4.68. The van der Waals surface area contributed by atoms with Crippen LogP contribution in [0.2, 0.25) is 0 Å². The summed E-state index contributed by atoms with van der Waals surface area (Å²) in [4.78, 5) is 2.37. The number of rotatable bonds is 8. The second-order valence-electron chi connectivity index (χ2n) is 7.09. The van der Waals surface area contributed by atoms with Crippen molar-refractivity contribution in [2.45, 2.75) is 65.7 Å². The summed E-state index contributed by atoms with van der Waals surface area (Å²) in [5.74, 6) is 0.650. The van der Waals surface area contributed by atoms with Crippen molar-refractivity contribution in [2.24, 2.45) is 5.92 Å². The van der Waals surface area contributed by atoms with E-state index in [0.717, 1.165) is 25.1 Å². The molecule has 2 heteroatoms. The number of fused-ring (bicyclic) bond motifs is 1. The third-order valence-electron chi connectivity index (χ3n) is 5.37. The summed E-state index contributed by atoms with van der Waals surface area (Å²) in [6.45, 7) is 12.2. The van der Waals surface area contributed by atoms with Gasteiger partial charge in [-0.15, -0.1) is 0 Å². The first-order valence-corrected chi connectivity index (χ1v) is 10.1. The molecule has 0 aromatic heterocycles. The Labute approximate surface area is 155 Å². The van der Waals surface area contributed by atoms with Crippen LogP contribution in [0.3, 0.4) is 0 Å². The van der Waals surface area contributed by atoms with Crippen molar-refractivity contribution in [3.8, 4) is 0 Å². The first kappa shape index (κ1) is 19.6. The average Bonchev–Trinajstić information content (AvgIpc) is 2.59. The molecule has 1 unspecified atom stereocenters. The molecule has 1 aliphatic carbocycles. The second-order valence-corrected chi connectivity index (χ2v) is 7.09. The summed E-state index contributed by atoms with van der Waals surface area (Å²) in [7, 11) is 2.02. The molecule has 0 bridgehead atoms. The molecule has 1 N–H and O–H groups in total. The lowest BCUT2D eigenvalue weighted by Gasteiger charge is -2.37. The van der Waals surface area contributed by atoms with Crippen molar-refractivity contribution in [3.63, 3.8) is 0 Å². The van der Waals surface area contributed by atoms with E-state index in [4.69, 9.17) is 0 Å². The fourth-order valence-electron chi connectivity index (χ4n) is 4.00. The molecule has 0 amide bonds.